The molecule has 1 unspecified atom stereocenters. The lowest BCUT2D eigenvalue weighted by Gasteiger charge is -2.29. The van der Waals surface area contributed by atoms with Crippen molar-refractivity contribution in [1.82, 2.24) is 4.90 Å². The molecule has 0 bridgehead atoms. The summed E-state index contributed by atoms with van der Waals surface area (Å²) >= 11 is 6.97. The summed E-state index contributed by atoms with van der Waals surface area (Å²) < 4.78 is 1.05. The van der Waals surface area contributed by atoms with Crippen molar-refractivity contribution in [3.63, 3.8) is 0 Å². The molecule has 1 aliphatic heterocycles. The average Bonchev–Trinajstić information content (AvgIpc) is 2.66. The van der Waals surface area contributed by atoms with Gasteiger partial charge in [-0.05, 0) is 30.5 Å². The molecule has 1 heterocycles. The van der Waals surface area contributed by atoms with Crippen molar-refractivity contribution in [3.8, 4) is 0 Å². The van der Waals surface area contributed by atoms with Crippen LogP contribution >= 0.6 is 31.9 Å². The van der Waals surface area contributed by atoms with Crippen molar-refractivity contribution in [2.45, 2.75) is 38.1 Å². The van der Waals surface area contributed by atoms with Crippen LogP contribution in [0.2, 0.25) is 0 Å². The Morgan fingerprint density at radius 3 is 2.63 bits per heavy atom. The summed E-state index contributed by atoms with van der Waals surface area (Å²) in [5, 5.41) is 0.888. The Bertz CT molecular complexity index is 419. The average molecular weight is 389 g/mol. The van der Waals surface area contributed by atoms with Gasteiger partial charge in [0.25, 0.3) is 0 Å². The largest absolute Gasteiger partial charge is 0.339 e. The Morgan fingerprint density at radius 1 is 1.21 bits per heavy atom. The molecule has 1 fully saturated rings. The van der Waals surface area contributed by atoms with Crippen LogP contribution in [0.15, 0.2) is 28.7 Å². The first-order valence-corrected chi connectivity index (χ1v) is 8.72. The fourth-order valence-corrected chi connectivity index (χ4v) is 3.48. The number of rotatable bonds is 3. The van der Waals surface area contributed by atoms with Gasteiger partial charge in [-0.1, -0.05) is 56.8 Å². The number of halogens is 2. The van der Waals surface area contributed by atoms with E-state index in [1.54, 1.807) is 0 Å². The lowest BCUT2D eigenvalue weighted by molar-refractivity contribution is -0.132. The summed E-state index contributed by atoms with van der Waals surface area (Å²) in [6.07, 6.45) is 5.24. The van der Waals surface area contributed by atoms with E-state index < -0.39 is 0 Å². The zero-order valence-corrected chi connectivity index (χ0v) is 14.1. The molecule has 1 aromatic carbocycles. The Labute approximate surface area is 131 Å². The first kappa shape index (κ1) is 15.0. The van der Waals surface area contributed by atoms with Gasteiger partial charge in [0.2, 0.25) is 5.91 Å². The summed E-state index contributed by atoms with van der Waals surface area (Å²) in [7, 11) is 0. The number of carbonyl (C=O) groups is 1. The smallest absolute Gasteiger partial charge is 0.227 e. The number of benzene rings is 1. The zero-order chi connectivity index (χ0) is 13.7. The molecule has 1 aromatic rings. The maximum atomic E-state index is 12.5. The maximum absolute atomic E-state index is 12.5. The number of nitrogens with zero attached hydrogens (tertiary/aromatic N) is 1. The fraction of sp³-hybridized carbons (Fsp3) is 0.533. The molecule has 2 nitrogen and oxygen atoms in total. The first-order valence-electron chi connectivity index (χ1n) is 6.80. The number of hydrogen-bond acceptors (Lipinski definition) is 1. The third-order valence-electron chi connectivity index (χ3n) is 3.64. The van der Waals surface area contributed by atoms with E-state index >= 15 is 0 Å². The highest BCUT2D eigenvalue weighted by Gasteiger charge is 2.24. The van der Waals surface area contributed by atoms with Gasteiger partial charge in [-0.3, -0.25) is 4.79 Å². The monoisotopic (exact) mass is 387 g/mol. The van der Waals surface area contributed by atoms with Crippen LogP contribution in [-0.2, 0) is 11.2 Å². The molecule has 0 aliphatic carbocycles. The summed E-state index contributed by atoms with van der Waals surface area (Å²) in [6, 6.07) is 8.39. The Morgan fingerprint density at radius 2 is 1.95 bits per heavy atom. The fourth-order valence-electron chi connectivity index (χ4n) is 2.54. The summed E-state index contributed by atoms with van der Waals surface area (Å²) in [4.78, 5) is 14.5. The van der Waals surface area contributed by atoms with Crippen molar-refractivity contribution in [2.24, 2.45) is 0 Å². The normalized spacial score (nSPS) is 20.1. The van der Waals surface area contributed by atoms with Crippen molar-refractivity contribution in [1.29, 1.82) is 0 Å². The SMILES string of the molecule is O=C(Cc1ccc(Br)cc1)N1CCCCCC1CBr. The van der Waals surface area contributed by atoms with Crippen molar-refractivity contribution in [3.05, 3.63) is 34.3 Å². The molecule has 104 valence electrons. The van der Waals surface area contributed by atoms with Gasteiger partial charge in [0.1, 0.15) is 0 Å². The molecule has 2 rings (SSSR count). The standard InChI is InChI=1S/C15H19Br2NO/c16-11-14-4-2-1-3-9-18(14)15(19)10-12-5-7-13(17)8-6-12/h5-8,14H,1-4,9-11H2. The van der Waals surface area contributed by atoms with Gasteiger partial charge in [-0.15, -0.1) is 0 Å². The Kier molecular flexibility index (Phi) is 5.89. The van der Waals surface area contributed by atoms with Crippen molar-refractivity contribution in [2.75, 3.05) is 11.9 Å². The minimum atomic E-state index is 0.258. The lowest BCUT2D eigenvalue weighted by Crippen LogP contribution is -2.41. The molecule has 1 aliphatic rings. The highest BCUT2D eigenvalue weighted by molar-refractivity contribution is 9.10. The van der Waals surface area contributed by atoms with E-state index in [2.05, 4.69) is 36.8 Å². The topological polar surface area (TPSA) is 20.3 Å². The van der Waals surface area contributed by atoms with E-state index in [9.17, 15) is 4.79 Å². The van der Waals surface area contributed by atoms with Gasteiger partial charge in [0, 0.05) is 22.4 Å². The van der Waals surface area contributed by atoms with Crippen LogP contribution in [-0.4, -0.2) is 28.7 Å². The molecule has 1 amide bonds. The molecule has 0 radical (unpaired) electrons. The number of amides is 1. The second kappa shape index (κ2) is 7.44. The lowest BCUT2D eigenvalue weighted by atomic mass is 10.1. The van der Waals surface area contributed by atoms with E-state index in [0.717, 1.165) is 34.8 Å². The third kappa shape index (κ3) is 4.32. The highest BCUT2D eigenvalue weighted by Crippen LogP contribution is 2.20. The second-order valence-corrected chi connectivity index (χ2v) is 6.61. The molecular formula is C15H19Br2NO. The second-order valence-electron chi connectivity index (χ2n) is 5.05. The third-order valence-corrected chi connectivity index (χ3v) is 4.92. The first-order chi connectivity index (χ1) is 9.20. The summed E-state index contributed by atoms with van der Waals surface area (Å²) in [5.41, 5.74) is 1.09. The molecule has 1 atom stereocenters. The predicted octanol–water partition coefficient (Wildman–Crippen LogP) is 4.16. The summed E-state index contributed by atoms with van der Waals surface area (Å²) in [5.74, 6) is 0.258. The Balaban J connectivity index is 2.02. The molecule has 4 heteroatoms. The molecule has 1 saturated heterocycles. The number of likely N-dealkylation sites (tertiary alicyclic amines) is 1. The number of hydrogen-bond donors (Lipinski definition) is 0. The van der Waals surface area contributed by atoms with Gasteiger partial charge in [0.05, 0.1) is 6.42 Å². The molecule has 0 saturated carbocycles. The molecule has 0 aromatic heterocycles. The van der Waals surface area contributed by atoms with Crippen molar-refractivity contribution < 1.29 is 4.79 Å². The van der Waals surface area contributed by atoms with Gasteiger partial charge >= 0.3 is 0 Å². The van der Waals surface area contributed by atoms with E-state index in [0.29, 0.717) is 12.5 Å². The van der Waals surface area contributed by atoms with E-state index in [1.165, 1.54) is 12.8 Å². The quantitative estimate of drug-likeness (QED) is 0.712. The van der Waals surface area contributed by atoms with Gasteiger partial charge in [-0.2, -0.15) is 0 Å². The van der Waals surface area contributed by atoms with E-state index in [1.807, 2.05) is 24.3 Å². The van der Waals surface area contributed by atoms with Crippen LogP contribution < -0.4 is 0 Å². The Hall–Kier alpha value is -0.350. The molecule has 0 spiro atoms. The minimum Gasteiger partial charge on any atom is -0.339 e. The van der Waals surface area contributed by atoms with Gasteiger partial charge < -0.3 is 4.90 Å². The van der Waals surface area contributed by atoms with Crippen LogP contribution in [0.1, 0.15) is 31.2 Å². The predicted molar refractivity (Wildman–Crippen MR) is 85.6 cm³/mol. The minimum absolute atomic E-state index is 0.258. The van der Waals surface area contributed by atoms with E-state index in [4.69, 9.17) is 0 Å². The van der Waals surface area contributed by atoms with E-state index in [-0.39, 0.29) is 5.91 Å². The van der Waals surface area contributed by atoms with Crippen molar-refractivity contribution >= 4 is 37.8 Å². The molecular weight excluding hydrogens is 370 g/mol. The maximum Gasteiger partial charge on any atom is 0.227 e. The van der Waals surface area contributed by atoms with Crippen LogP contribution in [0.5, 0.6) is 0 Å². The van der Waals surface area contributed by atoms with Gasteiger partial charge in [-0.25, -0.2) is 0 Å². The molecule has 0 N–H and O–H groups in total. The van der Waals surface area contributed by atoms with Gasteiger partial charge in [0.15, 0.2) is 0 Å². The van der Waals surface area contributed by atoms with Crippen LogP contribution in [0, 0.1) is 0 Å². The number of alkyl halides is 1. The summed E-state index contributed by atoms with van der Waals surface area (Å²) in [6.45, 7) is 0.908. The van der Waals surface area contributed by atoms with Crippen LogP contribution in [0.4, 0.5) is 0 Å². The zero-order valence-electron chi connectivity index (χ0n) is 10.9. The van der Waals surface area contributed by atoms with Crippen LogP contribution in [0.25, 0.3) is 0 Å². The molecule has 19 heavy (non-hydrogen) atoms. The highest BCUT2D eigenvalue weighted by atomic mass is 79.9. The number of carbonyl (C=O) groups excluding carboxylic acids is 1. The van der Waals surface area contributed by atoms with Crippen LogP contribution in [0.3, 0.4) is 0 Å².